The summed E-state index contributed by atoms with van der Waals surface area (Å²) in [7, 11) is 0. The van der Waals surface area contributed by atoms with Gasteiger partial charge in [-0.05, 0) is 18.7 Å². The van der Waals surface area contributed by atoms with E-state index < -0.39 is 0 Å². The fourth-order valence-electron chi connectivity index (χ4n) is 2.49. The van der Waals surface area contributed by atoms with Crippen LogP contribution in [0.15, 0.2) is 30.3 Å². The molecule has 0 radical (unpaired) electrons. The minimum atomic E-state index is 0.483. The highest BCUT2D eigenvalue weighted by Crippen LogP contribution is 2.21. The number of piperazine rings is 1. The number of thioether (sulfide) groups is 1. The summed E-state index contributed by atoms with van der Waals surface area (Å²) in [5, 5.41) is 4.37. The van der Waals surface area contributed by atoms with Gasteiger partial charge in [0, 0.05) is 37.0 Å². The third-order valence-corrected chi connectivity index (χ3v) is 4.75. The first-order valence-electron chi connectivity index (χ1n) is 6.76. The van der Waals surface area contributed by atoms with Crippen molar-refractivity contribution in [3.8, 4) is 0 Å². The van der Waals surface area contributed by atoms with E-state index in [0.717, 1.165) is 13.1 Å². The van der Waals surface area contributed by atoms with Gasteiger partial charge in [0.25, 0.3) is 0 Å². The molecule has 0 aliphatic carbocycles. The van der Waals surface area contributed by atoms with Crippen molar-refractivity contribution in [1.82, 2.24) is 10.2 Å². The fraction of sp³-hybridized carbons (Fsp3) is 0.600. The molecule has 1 aromatic carbocycles. The molecule has 1 fully saturated rings. The van der Waals surface area contributed by atoms with Crippen molar-refractivity contribution in [1.29, 1.82) is 0 Å². The van der Waals surface area contributed by atoms with Gasteiger partial charge >= 0.3 is 0 Å². The summed E-state index contributed by atoms with van der Waals surface area (Å²) in [5.41, 5.74) is 1.41. The first-order valence-corrected chi connectivity index (χ1v) is 8.04. The van der Waals surface area contributed by atoms with Crippen LogP contribution in [0.25, 0.3) is 0 Å². The maximum atomic E-state index is 3.66. The molecule has 0 spiro atoms. The Morgan fingerprint density at radius 1 is 1.39 bits per heavy atom. The Balaban J connectivity index is 2.00. The van der Waals surface area contributed by atoms with Crippen LogP contribution in [-0.2, 0) is 0 Å². The highest BCUT2D eigenvalue weighted by atomic mass is 32.2. The van der Waals surface area contributed by atoms with Gasteiger partial charge < -0.3 is 5.32 Å². The Bertz CT molecular complexity index is 355. The number of hydrogen-bond donors (Lipinski definition) is 1. The molecule has 2 nitrogen and oxygen atoms in total. The van der Waals surface area contributed by atoms with Crippen LogP contribution >= 0.6 is 11.8 Å². The second-order valence-electron chi connectivity index (χ2n) is 5.22. The van der Waals surface area contributed by atoms with E-state index in [1.165, 1.54) is 12.1 Å². The molecule has 1 aliphatic heterocycles. The van der Waals surface area contributed by atoms with Crippen molar-refractivity contribution >= 4 is 11.8 Å². The Hall–Kier alpha value is -0.510. The maximum Gasteiger partial charge on any atom is 0.0449 e. The van der Waals surface area contributed by atoms with Gasteiger partial charge in [-0.3, -0.25) is 4.90 Å². The normalized spacial score (nSPS) is 27.1. The van der Waals surface area contributed by atoms with E-state index in [1.54, 1.807) is 0 Å². The van der Waals surface area contributed by atoms with Crippen LogP contribution < -0.4 is 5.32 Å². The smallest absolute Gasteiger partial charge is 0.0449 e. The summed E-state index contributed by atoms with van der Waals surface area (Å²) in [6, 6.07) is 11.9. The van der Waals surface area contributed by atoms with Crippen molar-refractivity contribution in [2.24, 2.45) is 0 Å². The highest BCUT2D eigenvalue weighted by Gasteiger charge is 2.26. The molecule has 1 aromatic rings. The molecule has 1 N–H and O–H groups in total. The van der Waals surface area contributed by atoms with E-state index in [2.05, 4.69) is 60.7 Å². The monoisotopic (exact) mass is 264 g/mol. The summed E-state index contributed by atoms with van der Waals surface area (Å²) < 4.78 is 0. The van der Waals surface area contributed by atoms with Crippen LogP contribution in [-0.4, -0.2) is 42.1 Å². The third kappa shape index (κ3) is 3.50. The van der Waals surface area contributed by atoms with Crippen LogP contribution in [0, 0.1) is 0 Å². The lowest BCUT2D eigenvalue weighted by atomic mass is 10.0. The lowest BCUT2D eigenvalue weighted by Crippen LogP contribution is -2.52. The van der Waals surface area contributed by atoms with E-state index in [9.17, 15) is 0 Å². The molecule has 100 valence electrons. The Morgan fingerprint density at radius 3 is 2.78 bits per heavy atom. The van der Waals surface area contributed by atoms with Gasteiger partial charge in [0.2, 0.25) is 0 Å². The number of hydrogen-bond acceptors (Lipinski definition) is 3. The molecular weight excluding hydrogens is 240 g/mol. The molecule has 3 unspecified atom stereocenters. The van der Waals surface area contributed by atoms with Crippen molar-refractivity contribution in [2.45, 2.75) is 31.2 Å². The zero-order chi connectivity index (χ0) is 13.0. The van der Waals surface area contributed by atoms with Crippen LogP contribution in [0.3, 0.4) is 0 Å². The predicted molar refractivity (Wildman–Crippen MR) is 81.2 cm³/mol. The zero-order valence-corrected chi connectivity index (χ0v) is 12.4. The van der Waals surface area contributed by atoms with Crippen LogP contribution in [0.1, 0.15) is 25.5 Å². The van der Waals surface area contributed by atoms with E-state index in [4.69, 9.17) is 0 Å². The summed E-state index contributed by atoms with van der Waals surface area (Å²) in [5.74, 6) is 0. The molecule has 18 heavy (non-hydrogen) atoms. The van der Waals surface area contributed by atoms with Gasteiger partial charge in [-0.25, -0.2) is 0 Å². The van der Waals surface area contributed by atoms with E-state index in [1.807, 2.05) is 11.8 Å². The van der Waals surface area contributed by atoms with Crippen LogP contribution in [0.2, 0.25) is 0 Å². The minimum absolute atomic E-state index is 0.483. The molecular formula is C15H24N2S. The summed E-state index contributed by atoms with van der Waals surface area (Å²) in [6.07, 6.45) is 2.20. The average molecular weight is 264 g/mol. The number of rotatable bonds is 4. The van der Waals surface area contributed by atoms with E-state index in [-0.39, 0.29) is 0 Å². The Morgan fingerprint density at radius 2 is 2.11 bits per heavy atom. The number of nitrogens with one attached hydrogen (secondary N) is 1. The topological polar surface area (TPSA) is 15.3 Å². The minimum Gasteiger partial charge on any atom is -0.307 e. The van der Waals surface area contributed by atoms with Gasteiger partial charge in [-0.15, -0.1) is 0 Å². The molecule has 0 amide bonds. The molecule has 0 saturated carbocycles. The molecule has 1 heterocycles. The molecule has 0 aromatic heterocycles. The van der Waals surface area contributed by atoms with E-state index in [0.29, 0.717) is 17.3 Å². The first-order chi connectivity index (χ1) is 8.70. The molecule has 3 heteroatoms. The highest BCUT2D eigenvalue weighted by molar-refractivity contribution is 7.99. The van der Waals surface area contributed by atoms with Crippen molar-refractivity contribution in [3.63, 3.8) is 0 Å². The Kier molecular flexibility index (Phi) is 5.10. The number of nitrogens with zero attached hydrogens (tertiary/aromatic N) is 1. The predicted octanol–water partition coefficient (Wildman–Crippen LogP) is 2.77. The lowest BCUT2D eigenvalue weighted by molar-refractivity contribution is 0.143. The quantitative estimate of drug-likeness (QED) is 0.900. The summed E-state index contributed by atoms with van der Waals surface area (Å²) in [6.45, 7) is 8.03. The standard InChI is InChI=1S/C15H24N2S/c1-12-9-16-15(14-7-5-4-6-8-14)11-17(12)10-13(2)18-3/h4-8,12-13,15-16H,9-11H2,1-3H3. The van der Waals surface area contributed by atoms with Crippen molar-refractivity contribution in [2.75, 3.05) is 25.9 Å². The zero-order valence-electron chi connectivity index (χ0n) is 11.6. The maximum absolute atomic E-state index is 3.66. The second kappa shape index (κ2) is 6.60. The van der Waals surface area contributed by atoms with E-state index >= 15 is 0 Å². The van der Waals surface area contributed by atoms with Crippen molar-refractivity contribution < 1.29 is 0 Å². The van der Waals surface area contributed by atoms with Gasteiger partial charge in [0.1, 0.15) is 0 Å². The van der Waals surface area contributed by atoms with Crippen LogP contribution in [0.5, 0.6) is 0 Å². The molecule has 3 atom stereocenters. The lowest BCUT2D eigenvalue weighted by Gasteiger charge is -2.40. The molecule has 0 bridgehead atoms. The second-order valence-corrected chi connectivity index (χ2v) is 6.50. The number of benzene rings is 1. The molecule has 2 rings (SSSR count). The summed E-state index contributed by atoms with van der Waals surface area (Å²) >= 11 is 1.96. The summed E-state index contributed by atoms with van der Waals surface area (Å²) in [4.78, 5) is 2.62. The first kappa shape index (κ1) is 13.9. The fourth-order valence-corrected chi connectivity index (χ4v) is 2.83. The third-order valence-electron chi connectivity index (χ3n) is 3.80. The molecule has 1 aliphatic rings. The van der Waals surface area contributed by atoms with Crippen LogP contribution in [0.4, 0.5) is 0 Å². The van der Waals surface area contributed by atoms with Gasteiger partial charge in [-0.2, -0.15) is 11.8 Å². The Labute approximate surface area is 115 Å². The SMILES string of the molecule is CSC(C)CN1CC(c2ccccc2)NCC1C. The largest absolute Gasteiger partial charge is 0.307 e. The molecule has 1 saturated heterocycles. The van der Waals surface area contributed by atoms with Gasteiger partial charge in [-0.1, -0.05) is 37.3 Å². The van der Waals surface area contributed by atoms with Gasteiger partial charge in [0.15, 0.2) is 0 Å². The average Bonchev–Trinajstić information content (AvgIpc) is 2.42. The van der Waals surface area contributed by atoms with Crippen molar-refractivity contribution in [3.05, 3.63) is 35.9 Å². The van der Waals surface area contributed by atoms with Gasteiger partial charge in [0.05, 0.1) is 0 Å².